The summed E-state index contributed by atoms with van der Waals surface area (Å²) in [6, 6.07) is 43.4. The topological polar surface area (TPSA) is 393 Å². The van der Waals surface area contributed by atoms with Crippen LogP contribution in [0.1, 0.15) is 138 Å². The molecule has 32 heteroatoms. The third-order valence-corrected chi connectivity index (χ3v) is 16.3. The lowest BCUT2D eigenvalue weighted by Crippen LogP contribution is -2.44. The summed E-state index contributed by atoms with van der Waals surface area (Å²) in [5.74, 6) is 2.77. The van der Waals surface area contributed by atoms with Crippen molar-refractivity contribution in [2.24, 2.45) is 0 Å². The fourth-order valence-electron chi connectivity index (χ4n) is 10.6. The van der Waals surface area contributed by atoms with Crippen LogP contribution in [0.2, 0.25) is 0 Å². The molecule has 1 saturated carbocycles. The summed E-state index contributed by atoms with van der Waals surface area (Å²) in [6.45, 7) is 19.6. The zero-order valence-electron chi connectivity index (χ0n) is 66.6. The highest BCUT2D eigenvalue weighted by atomic mass is 16.5. The number of nitrogens with one attached hydrogen (secondary N) is 12. The minimum absolute atomic E-state index is 0.192. The molecule has 0 aromatic heterocycles. The molecule has 9 rings (SSSR count). The Hall–Kier alpha value is -13.9. The van der Waals surface area contributed by atoms with Gasteiger partial charge in [-0.25, -0.2) is 40.9 Å². The number of nitroso groups, excluding NO2 is 1. The zero-order chi connectivity index (χ0) is 83.6. The highest BCUT2D eigenvalue weighted by Gasteiger charge is 2.22. The molecule has 1 fully saturated rings. The van der Waals surface area contributed by atoms with Crippen molar-refractivity contribution in [1.29, 1.82) is 0 Å². The lowest BCUT2D eigenvalue weighted by molar-refractivity contribution is -0.428. The summed E-state index contributed by atoms with van der Waals surface area (Å²) >= 11 is 0. The first kappa shape index (κ1) is 89.9. The smallest absolute Gasteiger partial charge is 0.338 e. The number of methoxy groups -OCH3 is 4. The molecule has 8 aromatic rings. The number of carbonyl (C=O) groups excluding carboxylic acids is 8. The van der Waals surface area contributed by atoms with E-state index in [-0.39, 0.29) is 17.2 Å². The number of amides is 12. The second-order valence-corrected chi connectivity index (χ2v) is 24.7. The Morgan fingerprint density at radius 1 is 0.426 bits per heavy atom. The lowest BCUT2D eigenvalue weighted by Gasteiger charge is -2.17. The second-order valence-electron chi connectivity index (χ2n) is 24.7. The highest BCUT2D eigenvalue weighted by Crippen LogP contribution is 2.40. The fraction of sp³-hybridized carbons (Fsp3) is 0.301. The third-order valence-electron chi connectivity index (χ3n) is 16.3. The van der Waals surface area contributed by atoms with Crippen molar-refractivity contribution in [1.82, 2.24) is 43.4 Å². The summed E-state index contributed by atoms with van der Waals surface area (Å²) < 4.78 is 55.2. The predicted molar refractivity (Wildman–Crippen MR) is 437 cm³/mol. The van der Waals surface area contributed by atoms with Crippen molar-refractivity contribution >= 4 is 81.9 Å². The van der Waals surface area contributed by atoms with Crippen LogP contribution in [0.5, 0.6) is 51.7 Å². The molecule has 0 spiro atoms. The van der Waals surface area contributed by atoms with E-state index in [2.05, 4.69) is 78.2 Å². The van der Waals surface area contributed by atoms with Crippen molar-refractivity contribution in [3.8, 4) is 51.7 Å². The molecule has 32 nitrogen and oxygen atoms in total. The van der Waals surface area contributed by atoms with E-state index in [1.165, 1.54) is 60.5 Å². The van der Waals surface area contributed by atoms with E-state index < -0.39 is 47.8 Å². The molecule has 0 unspecified atom stereocenters. The van der Waals surface area contributed by atoms with Gasteiger partial charge in [0.1, 0.15) is 23.0 Å². The van der Waals surface area contributed by atoms with Crippen LogP contribution in [-0.4, -0.2) is 127 Å². The number of hydrazine groups is 4. The standard InChI is InChI=1S/C23H31N3O6.C22H27N3O4.C20H23N3O3.C18H20N4O6/c1-6-15-10-11-17(18(12-15)29-5)24-23(28)26-25-22(27)16-13-19(30-7-2)21(32-9-4)20(14-16)31-8-3;1-4-6-15-29-20-13-9-18(10-14-20)21(26)24-25-22(27)23-19-11-7-17(8-12-19)16(3)28-5-2;1-14-5-4-6-16(13-14)21-20(25)23-22-19(24)15-9-11-18(12-10-15)26-17-7-2-3-8-17;1-22(25)13-7-5-12(6-8-13)19-18(24)21-20-17(23)11-9-14(26-2)16(28-4)15(10-11)27-3/h10-14H,6-9H2,1-5H3,(H,25,27)(H2,24,26,28);7-14H,3-6,15H2,1-2H3,(H,24,26)(H2,23,25,27);4-6,9-13,17H,2-3,7-8H2,1H3,(H,22,24)(H2,21,23,25);5-10H,1-4H3,(H2-,19,20,21,23,24,25)/p+1. The first-order chi connectivity index (χ1) is 55.5. The molecule has 612 valence electrons. The lowest BCUT2D eigenvalue weighted by atomic mass is 10.1. The Labute approximate surface area is 668 Å². The zero-order valence-corrected chi connectivity index (χ0v) is 66.6. The van der Waals surface area contributed by atoms with Crippen LogP contribution in [-0.2, 0) is 11.2 Å². The summed E-state index contributed by atoms with van der Waals surface area (Å²) in [6.07, 6.45) is 7.75. The van der Waals surface area contributed by atoms with Gasteiger partial charge in [0.15, 0.2) is 30.0 Å². The Balaban J connectivity index is 0.000000239. The number of aryl methyl sites for hydroxylation is 2. The molecule has 0 saturated heterocycles. The second kappa shape index (κ2) is 48.0. The van der Waals surface area contributed by atoms with E-state index >= 15 is 0 Å². The molecule has 0 bridgehead atoms. The number of ether oxygens (including phenoxy) is 10. The number of benzene rings is 8. The van der Waals surface area contributed by atoms with Crippen LogP contribution < -0.4 is 107 Å². The van der Waals surface area contributed by atoms with Gasteiger partial charge < -0.3 is 68.6 Å². The fourth-order valence-corrected chi connectivity index (χ4v) is 10.6. The molecule has 115 heavy (non-hydrogen) atoms. The number of carbonyl (C=O) groups is 8. The van der Waals surface area contributed by atoms with Crippen LogP contribution in [0.25, 0.3) is 5.76 Å². The number of unbranched alkanes of at least 4 members (excludes halogenated alkanes) is 1. The van der Waals surface area contributed by atoms with E-state index in [0.29, 0.717) is 129 Å². The van der Waals surface area contributed by atoms with Gasteiger partial charge in [-0.15, -0.1) is 0 Å². The van der Waals surface area contributed by atoms with Gasteiger partial charge in [-0.05, 0) is 218 Å². The first-order valence-corrected chi connectivity index (χ1v) is 37.0. The van der Waals surface area contributed by atoms with Gasteiger partial charge in [0.25, 0.3) is 29.3 Å². The largest absolute Gasteiger partial charge is 0.495 e. The molecule has 1 aliphatic carbocycles. The van der Waals surface area contributed by atoms with Gasteiger partial charge in [0, 0.05) is 66.7 Å². The molecular weight excluding hydrogens is 1480 g/mol. The van der Waals surface area contributed by atoms with Crippen molar-refractivity contribution < 1.29 is 90.5 Å². The SMILES string of the molecule is C=C(OCC)c1ccc(NC(=O)NNC(=O)c2ccc(OCCCC)cc2)cc1.CCOc1cc(C(=O)NNC(=O)Nc2ccc(CC)cc2OC)cc(OCC)c1OCC.COc1cc(C(=O)NNC(=O)Nc2ccc([N+](C)=O)cc2)cc(OC)c1OC.Cc1cccc(NC(=O)NNC(=O)c2ccc(OC3CCCC3)cc2)c1. The van der Waals surface area contributed by atoms with Crippen LogP contribution in [0, 0.1) is 11.8 Å². The predicted octanol–water partition coefficient (Wildman–Crippen LogP) is 14.3. The summed E-state index contributed by atoms with van der Waals surface area (Å²) in [7, 11) is 7.21. The van der Waals surface area contributed by atoms with Gasteiger partial charge in [0.05, 0.1) is 73.3 Å². The van der Waals surface area contributed by atoms with Gasteiger partial charge >= 0.3 is 24.1 Å². The Morgan fingerprint density at radius 3 is 1.32 bits per heavy atom. The van der Waals surface area contributed by atoms with Crippen molar-refractivity contribution in [3.63, 3.8) is 0 Å². The van der Waals surface area contributed by atoms with Gasteiger partial charge in [0.2, 0.25) is 11.5 Å². The molecule has 0 atom stereocenters. The summed E-state index contributed by atoms with van der Waals surface area (Å²) in [5.41, 5.74) is 25.5. The van der Waals surface area contributed by atoms with Gasteiger partial charge in [-0.2, -0.15) is 0 Å². The van der Waals surface area contributed by atoms with Crippen molar-refractivity contribution in [2.75, 3.05) is 89.8 Å². The Bertz CT molecular complexity index is 4490. The number of anilines is 4. The first-order valence-electron chi connectivity index (χ1n) is 37.0. The number of rotatable bonds is 29. The Morgan fingerprint density at radius 2 is 0.878 bits per heavy atom. The Kier molecular flexibility index (Phi) is 37.5. The number of urea groups is 4. The van der Waals surface area contributed by atoms with Crippen molar-refractivity contribution in [3.05, 3.63) is 214 Å². The molecule has 1 aliphatic rings. The highest BCUT2D eigenvalue weighted by molar-refractivity contribution is 6.01. The van der Waals surface area contributed by atoms with E-state index in [9.17, 15) is 43.3 Å². The maximum Gasteiger partial charge on any atom is 0.338 e. The molecular formula is C83H102N13O19+. The molecule has 12 amide bonds. The molecule has 12 N–H and O–H groups in total. The maximum absolute atomic E-state index is 12.7. The van der Waals surface area contributed by atoms with E-state index in [1.807, 2.05) is 71.9 Å². The average Bonchev–Trinajstić information content (AvgIpc) is 1.06. The van der Waals surface area contributed by atoms with Crippen LogP contribution in [0.4, 0.5) is 47.6 Å². The minimum atomic E-state index is -0.663. The van der Waals surface area contributed by atoms with E-state index in [0.717, 1.165) is 54.5 Å². The van der Waals surface area contributed by atoms with Crippen molar-refractivity contribution in [2.45, 2.75) is 99.5 Å². The van der Waals surface area contributed by atoms with E-state index in [1.54, 1.807) is 121 Å². The van der Waals surface area contributed by atoms with Crippen LogP contribution in [0.15, 0.2) is 170 Å². The summed E-state index contributed by atoms with van der Waals surface area (Å²) in [5, 5.41) is 10.5. The molecule has 8 aromatic carbocycles. The monoisotopic (exact) mass is 1580 g/mol. The average molecular weight is 1590 g/mol. The quantitative estimate of drug-likeness (QED) is 0.00896. The number of hydrogen-bond acceptors (Lipinski definition) is 19. The van der Waals surface area contributed by atoms with Gasteiger partial charge in [-0.1, -0.05) is 45.0 Å². The summed E-state index contributed by atoms with van der Waals surface area (Å²) in [4.78, 5) is 108. The minimum Gasteiger partial charge on any atom is -0.495 e. The molecule has 0 radical (unpaired) electrons. The third kappa shape index (κ3) is 30.0. The van der Waals surface area contributed by atoms with E-state index in [4.69, 9.17) is 47.4 Å². The number of nitrogens with zero attached hydrogens (tertiary/aromatic N) is 1. The molecule has 0 heterocycles. The van der Waals surface area contributed by atoms with Gasteiger partial charge in [-0.3, -0.25) is 40.9 Å². The maximum atomic E-state index is 12.7. The normalized spacial score (nSPS) is 10.9. The van der Waals surface area contributed by atoms with Crippen LogP contribution >= 0.6 is 0 Å². The van der Waals surface area contributed by atoms with Crippen LogP contribution in [0.3, 0.4) is 0 Å². The molecule has 0 aliphatic heterocycles. The number of hydrogen-bond donors (Lipinski definition) is 12.